The van der Waals surface area contributed by atoms with Crippen molar-refractivity contribution in [2.24, 2.45) is 0 Å². The van der Waals surface area contributed by atoms with Gasteiger partial charge >= 0.3 is 0 Å². The van der Waals surface area contributed by atoms with Gasteiger partial charge in [-0.2, -0.15) is 0 Å². The zero-order chi connectivity index (χ0) is 16.5. The second-order valence-electron chi connectivity index (χ2n) is 5.44. The second kappa shape index (κ2) is 5.81. The second-order valence-corrected chi connectivity index (χ2v) is 5.44. The zero-order valence-electron chi connectivity index (χ0n) is 13.0. The van der Waals surface area contributed by atoms with Crippen LogP contribution in [0, 0.1) is 5.82 Å². The van der Waals surface area contributed by atoms with E-state index in [0.29, 0.717) is 5.76 Å². The lowest BCUT2D eigenvalue weighted by atomic mass is 9.97. The number of benzene rings is 3. The average molecular weight is 319 g/mol. The highest BCUT2D eigenvalue weighted by Crippen LogP contribution is 2.38. The fraction of sp³-hybridized carbons (Fsp3) is 0.0500. The smallest absolute Gasteiger partial charge is 0.175 e. The minimum absolute atomic E-state index is 0.272. The summed E-state index contributed by atoms with van der Waals surface area (Å²) in [6, 6.07) is 18.1. The molecular formula is C20H14FNO2. The van der Waals surface area contributed by atoms with Gasteiger partial charge in [0.05, 0.1) is 13.3 Å². The van der Waals surface area contributed by atoms with E-state index in [4.69, 9.17) is 9.26 Å². The van der Waals surface area contributed by atoms with Crippen LogP contribution in [0.2, 0.25) is 0 Å². The highest BCUT2D eigenvalue weighted by Gasteiger charge is 2.16. The Hall–Kier alpha value is -3.14. The van der Waals surface area contributed by atoms with Crippen molar-refractivity contribution >= 4 is 10.8 Å². The molecule has 0 bridgehead atoms. The van der Waals surface area contributed by atoms with E-state index in [0.717, 1.165) is 33.2 Å². The normalized spacial score (nSPS) is 10.9. The summed E-state index contributed by atoms with van der Waals surface area (Å²) in [6.07, 6.45) is 1.65. The van der Waals surface area contributed by atoms with Crippen LogP contribution in [-0.4, -0.2) is 12.3 Å². The first kappa shape index (κ1) is 14.5. The molecule has 4 rings (SSSR count). The molecule has 0 fully saturated rings. The van der Waals surface area contributed by atoms with Crippen LogP contribution in [0.5, 0.6) is 5.75 Å². The summed E-state index contributed by atoms with van der Waals surface area (Å²) in [6.45, 7) is 0. The standard InChI is InChI=1S/C20H14FNO2/c1-23-19-11-10-17(15-4-2-3-5-16(15)19)20-18(12-22-24-20)13-6-8-14(21)9-7-13/h2-12H,1H3. The van der Waals surface area contributed by atoms with E-state index >= 15 is 0 Å². The SMILES string of the molecule is COc1ccc(-c2oncc2-c2ccc(F)cc2)c2ccccc12. The van der Waals surface area contributed by atoms with Gasteiger partial charge in [-0.15, -0.1) is 0 Å². The van der Waals surface area contributed by atoms with Crippen molar-refractivity contribution in [3.05, 3.63) is 72.7 Å². The van der Waals surface area contributed by atoms with Gasteiger partial charge in [-0.05, 0) is 35.2 Å². The number of nitrogens with zero attached hydrogens (tertiary/aromatic N) is 1. The summed E-state index contributed by atoms with van der Waals surface area (Å²) in [4.78, 5) is 0. The summed E-state index contributed by atoms with van der Waals surface area (Å²) in [5.74, 6) is 1.18. The van der Waals surface area contributed by atoms with Gasteiger partial charge in [0.25, 0.3) is 0 Å². The first-order chi connectivity index (χ1) is 11.8. The molecule has 0 spiro atoms. The molecule has 4 heteroatoms. The molecule has 0 N–H and O–H groups in total. The fourth-order valence-electron chi connectivity index (χ4n) is 2.92. The Morgan fingerprint density at radius 1 is 0.875 bits per heavy atom. The molecule has 0 unspecified atom stereocenters. The fourth-order valence-corrected chi connectivity index (χ4v) is 2.92. The Labute approximate surface area is 138 Å². The molecule has 0 aliphatic rings. The molecule has 3 nitrogen and oxygen atoms in total. The summed E-state index contributed by atoms with van der Waals surface area (Å²) < 4.78 is 24.2. The molecule has 0 saturated heterocycles. The van der Waals surface area contributed by atoms with Crippen LogP contribution in [-0.2, 0) is 0 Å². The molecule has 0 atom stereocenters. The maximum atomic E-state index is 13.2. The molecule has 4 aromatic rings. The van der Waals surface area contributed by atoms with Gasteiger partial charge in [0.2, 0.25) is 0 Å². The Bertz CT molecular complexity index is 1010. The number of halogens is 1. The van der Waals surface area contributed by atoms with Crippen LogP contribution in [0.4, 0.5) is 4.39 Å². The number of hydrogen-bond acceptors (Lipinski definition) is 3. The highest BCUT2D eigenvalue weighted by molar-refractivity contribution is 6.01. The van der Waals surface area contributed by atoms with E-state index in [-0.39, 0.29) is 5.82 Å². The van der Waals surface area contributed by atoms with E-state index < -0.39 is 0 Å². The predicted octanol–water partition coefficient (Wildman–Crippen LogP) is 5.31. The number of aromatic nitrogens is 1. The summed E-state index contributed by atoms with van der Waals surface area (Å²) in [7, 11) is 1.65. The van der Waals surface area contributed by atoms with E-state index in [2.05, 4.69) is 5.16 Å². The monoisotopic (exact) mass is 319 g/mol. The molecule has 0 aliphatic heterocycles. The number of fused-ring (bicyclic) bond motifs is 1. The van der Waals surface area contributed by atoms with E-state index in [9.17, 15) is 4.39 Å². The third kappa shape index (κ3) is 2.33. The van der Waals surface area contributed by atoms with Gasteiger partial charge in [-0.3, -0.25) is 0 Å². The lowest BCUT2D eigenvalue weighted by molar-refractivity contribution is 0.419. The van der Waals surface area contributed by atoms with Crippen molar-refractivity contribution in [2.45, 2.75) is 0 Å². The first-order valence-corrected chi connectivity index (χ1v) is 7.54. The molecule has 0 amide bonds. The Morgan fingerprint density at radius 3 is 2.38 bits per heavy atom. The van der Waals surface area contributed by atoms with Crippen LogP contribution in [0.25, 0.3) is 33.2 Å². The Kier molecular flexibility index (Phi) is 3.50. The van der Waals surface area contributed by atoms with E-state index in [1.807, 2.05) is 36.4 Å². The quantitative estimate of drug-likeness (QED) is 0.513. The van der Waals surface area contributed by atoms with Gasteiger partial charge in [-0.25, -0.2) is 4.39 Å². The third-order valence-electron chi connectivity index (χ3n) is 4.07. The van der Waals surface area contributed by atoms with Gasteiger partial charge in [-0.1, -0.05) is 41.6 Å². The lowest BCUT2D eigenvalue weighted by Gasteiger charge is -2.10. The molecule has 1 aromatic heterocycles. The van der Waals surface area contributed by atoms with Crippen molar-refractivity contribution in [3.8, 4) is 28.2 Å². The van der Waals surface area contributed by atoms with Crippen LogP contribution in [0.3, 0.4) is 0 Å². The Balaban J connectivity index is 1.94. The zero-order valence-corrected chi connectivity index (χ0v) is 13.0. The number of methoxy groups -OCH3 is 1. The molecule has 0 saturated carbocycles. The molecule has 24 heavy (non-hydrogen) atoms. The van der Waals surface area contributed by atoms with Gasteiger partial charge in [0.1, 0.15) is 11.6 Å². The molecule has 1 heterocycles. The van der Waals surface area contributed by atoms with Crippen molar-refractivity contribution in [1.82, 2.24) is 5.16 Å². The van der Waals surface area contributed by atoms with Crippen molar-refractivity contribution in [3.63, 3.8) is 0 Å². The van der Waals surface area contributed by atoms with Crippen molar-refractivity contribution in [2.75, 3.05) is 7.11 Å². The molecule has 3 aromatic carbocycles. The lowest BCUT2D eigenvalue weighted by Crippen LogP contribution is -1.88. The summed E-state index contributed by atoms with van der Waals surface area (Å²) in [5.41, 5.74) is 2.60. The summed E-state index contributed by atoms with van der Waals surface area (Å²) >= 11 is 0. The number of rotatable bonds is 3. The predicted molar refractivity (Wildman–Crippen MR) is 91.4 cm³/mol. The maximum absolute atomic E-state index is 13.2. The van der Waals surface area contributed by atoms with Crippen LogP contribution in [0.1, 0.15) is 0 Å². The summed E-state index contributed by atoms with van der Waals surface area (Å²) in [5, 5.41) is 5.96. The van der Waals surface area contributed by atoms with E-state index in [1.54, 1.807) is 25.4 Å². The number of hydrogen-bond donors (Lipinski definition) is 0. The largest absolute Gasteiger partial charge is 0.496 e. The third-order valence-corrected chi connectivity index (χ3v) is 4.07. The van der Waals surface area contributed by atoms with Crippen molar-refractivity contribution < 1.29 is 13.7 Å². The molecule has 0 radical (unpaired) electrons. The highest BCUT2D eigenvalue weighted by atomic mass is 19.1. The topological polar surface area (TPSA) is 35.3 Å². The molecule has 0 aliphatic carbocycles. The van der Waals surface area contributed by atoms with E-state index in [1.165, 1.54) is 12.1 Å². The molecular weight excluding hydrogens is 305 g/mol. The maximum Gasteiger partial charge on any atom is 0.175 e. The molecule has 118 valence electrons. The minimum Gasteiger partial charge on any atom is -0.496 e. The number of ether oxygens (including phenoxy) is 1. The van der Waals surface area contributed by atoms with Gasteiger partial charge in [0.15, 0.2) is 5.76 Å². The average Bonchev–Trinajstić information content (AvgIpc) is 3.11. The van der Waals surface area contributed by atoms with Crippen LogP contribution < -0.4 is 4.74 Å². The minimum atomic E-state index is -0.272. The Morgan fingerprint density at radius 2 is 1.62 bits per heavy atom. The van der Waals surface area contributed by atoms with Gasteiger partial charge in [0, 0.05) is 16.5 Å². The van der Waals surface area contributed by atoms with Gasteiger partial charge < -0.3 is 9.26 Å². The van der Waals surface area contributed by atoms with Crippen molar-refractivity contribution in [1.29, 1.82) is 0 Å². The van der Waals surface area contributed by atoms with Crippen LogP contribution in [0.15, 0.2) is 71.4 Å². The first-order valence-electron chi connectivity index (χ1n) is 7.54. The van der Waals surface area contributed by atoms with Crippen LogP contribution >= 0.6 is 0 Å².